The van der Waals surface area contributed by atoms with E-state index in [0.717, 1.165) is 22.4 Å². The number of nitrogens with zero attached hydrogens (tertiary/aromatic N) is 3. The topological polar surface area (TPSA) is 71.2 Å². The Hall–Kier alpha value is -0.890. The molecule has 2 aromatic heterocycles. The number of thiophene rings is 1. The van der Waals surface area contributed by atoms with Crippen molar-refractivity contribution >= 4 is 23.1 Å². The number of aliphatic hydroxyl groups excluding tert-OH is 2. The van der Waals surface area contributed by atoms with E-state index in [0.29, 0.717) is 5.75 Å². The summed E-state index contributed by atoms with van der Waals surface area (Å²) in [7, 11) is 0. The van der Waals surface area contributed by atoms with Crippen LogP contribution < -0.4 is 0 Å². The molecule has 0 saturated heterocycles. The molecule has 2 aromatic rings. The van der Waals surface area contributed by atoms with Gasteiger partial charge in [-0.05, 0) is 18.4 Å². The molecule has 2 rings (SSSR count). The molecule has 18 heavy (non-hydrogen) atoms. The van der Waals surface area contributed by atoms with Gasteiger partial charge in [-0.2, -0.15) is 0 Å². The Balaban J connectivity index is 2.17. The molecule has 0 aliphatic rings. The Morgan fingerprint density at radius 3 is 2.94 bits per heavy atom. The second-order valence-electron chi connectivity index (χ2n) is 3.68. The van der Waals surface area contributed by atoms with Crippen LogP contribution in [0.25, 0.3) is 10.7 Å². The van der Waals surface area contributed by atoms with Crippen LogP contribution in [0.5, 0.6) is 0 Å². The van der Waals surface area contributed by atoms with Gasteiger partial charge >= 0.3 is 0 Å². The fourth-order valence-electron chi connectivity index (χ4n) is 1.49. The SMILES string of the molecule is CCn1c(SCC(O)CO)nnc1-c1cccs1. The van der Waals surface area contributed by atoms with Crippen LogP contribution in [-0.4, -0.2) is 43.4 Å². The van der Waals surface area contributed by atoms with Crippen molar-refractivity contribution in [1.82, 2.24) is 14.8 Å². The van der Waals surface area contributed by atoms with Gasteiger partial charge in [0.05, 0.1) is 17.6 Å². The molecule has 0 bridgehead atoms. The highest BCUT2D eigenvalue weighted by molar-refractivity contribution is 7.99. The maximum atomic E-state index is 9.35. The summed E-state index contributed by atoms with van der Waals surface area (Å²) in [5, 5.41) is 29.2. The zero-order valence-corrected chi connectivity index (χ0v) is 11.6. The molecule has 0 fully saturated rings. The lowest BCUT2D eigenvalue weighted by Crippen LogP contribution is -2.15. The molecule has 1 unspecified atom stereocenters. The third-order valence-electron chi connectivity index (χ3n) is 2.39. The van der Waals surface area contributed by atoms with Crippen LogP contribution in [0.3, 0.4) is 0 Å². The summed E-state index contributed by atoms with van der Waals surface area (Å²) in [6.07, 6.45) is -0.720. The summed E-state index contributed by atoms with van der Waals surface area (Å²) in [4.78, 5) is 1.08. The Labute approximate surface area is 113 Å². The summed E-state index contributed by atoms with van der Waals surface area (Å²) in [6, 6.07) is 3.99. The molecule has 0 spiro atoms. The molecule has 0 aliphatic carbocycles. The molecule has 1 atom stereocenters. The van der Waals surface area contributed by atoms with Gasteiger partial charge in [-0.1, -0.05) is 17.8 Å². The summed E-state index contributed by atoms with van der Waals surface area (Å²) in [5.41, 5.74) is 0. The van der Waals surface area contributed by atoms with Gasteiger partial charge in [0, 0.05) is 12.3 Å². The van der Waals surface area contributed by atoms with Crippen molar-refractivity contribution in [2.75, 3.05) is 12.4 Å². The lowest BCUT2D eigenvalue weighted by atomic mass is 10.4. The second-order valence-corrected chi connectivity index (χ2v) is 5.61. The summed E-state index contributed by atoms with van der Waals surface area (Å²) < 4.78 is 2.01. The van der Waals surface area contributed by atoms with Crippen molar-refractivity contribution in [2.24, 2.45) is 0 Å². The van der Waals surface area contributed by atoms with E-state index in [4.69, 9.17) is 5.11 Å². The van der Waals surface area contributed by atoms with Gasteiger partial charge < -0.3 is 14.8 Å². The highest BCUT2D eigenvalue weighted by Gasteiger charge is 2.14. The number of aromatic nitrogens is 3. The van der Waals surface area contributed by atoms with Gasteiger partial charge in [0.2, 0.25) is 0 Å². The first-order valence-electron chi connectivity index (χ1n) is 5.65. The van der Waals surface area contributed by atoms with E-state index in [1.165, 1.54) is 11.8 Å². The molecule has 2 N–H and O–H groups in total. The van der Waals surface area contributed by atoms with E-state index in [9.17, 15) is 5.11 Å². The summed E-state index contributed by atoms with van der Waals surface area (Å²) in [5.74, 6) is 1.27. The van der Waals surface area contributed by atoms with Gasteiger partial charge in [0.15, 0.2) is 11.0 Å². The molecule has 0 aliphatic heterocycles. The van der Waals surface area contributed by atoms with Crippen LogP contribution in [0.4, 0.5) is 0 Å². The van der Waals surface area contributed by atoms with Crippen LogP contribution in [-0.2, 0) is 6.54 Å². The fourth-order valence-corrected chi connectivity index (χ4v) is 3.13. The van der Waals surface area contributed by atoms with Crippen molar-refractivity contribution in [3.8, 4) is 10.7 Å². The molecule has 0 aromatic carbocycles. The average Bonchev–Trinajstić information content (AvgIpc) is 3.03. The Morgan fingerprint density at radius 2 is 2.33 bits per heavy atom. The van der Waals surface area contributed by atoms with E-state index in [-0.39, 0.29) is 6.61 Å². The van der Waals surface area contributed by atoms with Crippen molar-refractivity contribution < 1.29 is 10.2 Å². The Kier molecular flexibility index (Phi) is 4.76. The predicted molar refractivity (Wildman–Crippen MR) is 72.8 cm³/mol. The lowest BCUT2D eigenvalue weighted by molar-refractivity contribution is 0.113. The zero-order valence-electron chi connectivity index (χ0n) is 9.98. The van der Waals surface area contributed by atoms with Crippen molar-refractivity contribution in [2.45, 2.75) is 24.7 Å². The first-order chi connectivity index (χ1) is 8.76. The van der Waals surface area contributed by atoms with Crippen molar-refractivity contribution in [3.05, 3.63) is 17.5 Å². The van der Waals surface area contributed by atoms with E-state index in [1.807, 2.05) is 29.0 Å². The third kappa shape index (κ3) is 2.92. The molecule has 0 radical (unpaired) electrons. The van der Waals surface area contributed by atoms with E-state index < -0.39 is 6.10 Å². The third-order valence-corrected chi connectivity index (χ3v) is 4.37. The maximum Gasteiger partial charge on any atom is 0.191 e. The molecule has 2 heterocycles. The average molecular weight is 285 g/mol. The smallest absolute Gasteiger partial charge is 0.191 e. The van der Waals surface area contributed by atoms with Crippen LogP contribution >= 0.6 is 23.1 Å². The summed E-state index contributed by atoms with van der Waals surface area (Å²) >= 11 is 3.03. The van der Waals surface area contributed by atoms with Crippen molar-refractivity contribution in [3.63, 3.8) is 0 Å². The van der Waals surface area contributed by atoms with E-state index in [1.54, 1.807) is 11.3 Å². The van der Waals surface area contributed by atoms with E-state index >= 15 is 0 Å². The first-order valence-corrected chi connectivity index (χ1v) is 7.51. The molecule has 5 nitrogen and oxygen atoms in total. The number of hydrogen-bond acceptors (Lipinski definition) is 6. The van der Waals surface area contributed by atoms with E-state index in [2.05, 4.69) is 10.2 Å². The van der Waals surface area contributed by atoms with Gasteiger partial charge in [-0.25, -0.2) is 0 Å². The molecule has 0 amide bonds. The standard InChI is InChI=1S/C11H15N3O2S2/c1-2-14-10(9-4-3-5-17-9)12-13-11(14)18-7-8(16)6-15/h3-5,8,15-16H,2,6-7H2,1H3. The normalized spacial score (nSPS) is 12.8. The molecular weight excluding hydrogens is 270 g/mol. The summed E-state index contributed by atoms with van der Waals surface area (Å²) in [6.45, 7) is 2.58. The first kappa shape index (κ1) is 13.5. The Bertz CT molecular complexity index is 484. The van der Waals surface area contributed by atoms with Crippen LogP contribution in [0, 0.1) is 0 Å². The molecule has 7 heteroatoms. The number of rotatable bonds is 6. The van der Waals surface area contributed by atoms with Crippen molar-refractivity contribution in [1.29, 1.82) is 0 Å². The minimum atomic E-state index is -0.720. The molecular formula is C11H15N3O2S2. The monoisotopic (exact) mass is 285 g/mol. The minimum absolute atomic E-state index is 0.231. The Morgan fingerprint density at radius 1 is 1.50 bits per heavy atom. The second kappa shape index (κ2) is 6.33. The van der Waals surface area contributed by atoms with Crippen LogP contribution in [0.15, 0.2) is 22.7 Å². The van der Waals surface area contributed by atoms with Crippen LogP contribution in [0.1, 0.15) is 6.92 Å². The number of thioether (sulfide) groups is 1. The van der Waals surface area contributed by atoms with Gasteiger partial charge in [0.1, 0.15) is 0 Å². The number of aliphatic hydroxyl groups is 2. The zero-order chi connectivity index (χ0) is 13.0. The predicted octanol–water partition coefficient (Wildman–Crippen LogP) is 1.47. The van der Waals surface area contributed by atoms with Crippen LogP contribution in [0.2, 0.25) is 0 Å². The van der Waals surface area contributed by atoms with Gasteiger partial charge in [-0.3, -0.25) is 0 Å². The quantitative estimate of drug-likeness (QED) is 0.787. The van der Waals surface area contributed by atoms with Gasteiger partial charge in [0.25, 0.3) is 0 Å². The largest absolute Gasteiger partial charge is 0.394 e. The lowest BCUT2D eigenvalue weighted by Gasteiger charge is -2.08. The number of hydrogen-bond donors (Lipinski definition) is 2. The van der Waals surface area contributed by atoms with Gasteiger partial charge in [-0.15, -0.1) is 21.5 Å². The fraction of sp³-hybridized carbons (Fsp3) is 0.455. The molecule has 98 valence electrons. The maximum absolute atomic E-state index is 9.35. The highest BCUT2D eigenvalue weighted by atomic mass is 32.2. The molecule has 0 saturated carbocycles. The minimum Gasteiger partial charge on any atom is -0.394 e. The highest BCUT2D eigenvalue weighted by Crippen LogP contribution is 2.27.